The Labute approximate surface area is 126 Å². The average molecular weight is 421 g/mol. The van der Waals surface area contributed by atoms with Gasteiger partial charge in [0.05, 0.1) is 8.95 Å². The Hall–Kier alpha value is -0.320. The van der Waals surface area contributed by atoms with Gasteiger partial charge >= 0.3 is 0 Å². The van der Waals surface area contributed by atoms with Crippen molar-refractivity contribution < 1.29 is 4.74 Å². The van der Waals surface area contributed by atoms with E-state index in [2.05, 4.69) is 47.8 Å². The van der Waals surface area contributed by atoms with E-state index in [-0.39, 0.29) is 0 Å². The molecule has 0 saturated carbocycles. The van der Waals surface area contributed by atoms with Crippen LogP contribution in [0.5, 0.6) is 5.75 Å². The van der Waals surface area contributed by atoms with Gasteiger partial charge in [0.25, 0.3) is 0 Å². The van der Waals surface area contributed by atoms with Crippen molar-refractivity contribution in [3.8, 4) is 5.75 Å². The van der Waals surface area contributed by atoms with Gasteiger partial charge in [0.15, 0.2) is 0 Å². The van der Waals surface area contributed by atoms with Crippen LogP contribution in [0.4, 0.5) is 0 Å². The molecule has 0 unspecified atom stereocenters. The fourth-order valence-corrected chi connectivity index (χ4v) is 2.85. The monoisotopic (exact) mass is 418 g/mol. The van der Waals surface area contributed by atoms with Gasteiger partial charge in [-0.15, -0.1) is 0 Å². The summed E-state index contributed by atoms with van der Waals surface area (Å²) in [4.78, 5) is 0. The maximum atomic E-state index is 5.78. The van der Waals surface area contributed by atoms with Gasteiger partial charge in [-0.3, -0.25) is 0 Å². The molecule has 88 valence electrons. The summed E-state index contributed by atoms with van der Waals surface area (Å²) in [6.07, 6.45) is 0. The van der Waals surface area contributed by atoms with Gasteiger partial charge in [0.2, 0.25) is 0 Å². The predicted molar refractivity (Wildman–Crippen MR) is 80.3 cm³/mol. The van der Waals surface area contributed by atoms with E-state index >= 15 is 0 Å². The van der Waals surface area contributed by atoms with E-state index < -0.39 is 0 Å². The fraction of sp³-hybridized carbons (Fsp3) is 0.0769. The molecule has 0 aromatic heterocycles. The molecular weight excluding hydrogens is 412 g/mol. The minimum atomic E-state index is 0.550. The third-order valence-electron chi connectivity index (χ3n) is 2.22. The lowest BCUT2D eigenvalue weighted by Crippen LogP contribution is -1.96. The van der Waals surface area contributed by atoms with Crippen molar-refractivity contribution in [2.75, 3.05) is 0 Å². The Balaban J connectivity index is 2.10. The van der Waals surface area contributed by atoms with E-state index in [1.165, 1.54) is 0 Å². The number of ether oxygens (including phenoxy) is 1. The van der Waals surface area contributed by atoms with Crippen molar-refractivity contribution in [1.29, 1.82) is 0 Å². The lowest BCUT2D eigenvalue weighted by atomic mass is 10.2. The minimum absolute atomic E-state index is 0.550. The van der Waals surface area contributed by atoms with Crippen molar-refractivity contribution in [2.45, 2.75) is 6.61 Å². The second-order valence-electron chi connectivity index (χ2n) is 3.47. The van der Waals surface area contributed by atoms with Crippen LogP contribution >= 0.6 is 47.8 Å². The molecule has 2 rings (SSSR count). The predicted octanol–water partition coefficient (Wildman–Crippen LogP) is 5.55. The Morgan fingerprint density at radius 3 is 2.00 bits per heavy atom. The summed E-state index contributed by atoms with van der Waals surface area (Å²) in [6.45, 7) is 0.550. The largest absolute Gasteiger partial charge is 0.487 e. The van der Waals surface area contributed by atoms with E-state index in [0.29, 0.717) is 6.61 Å². The lowest BCUT2D eigenvalue weighted by Gasteiger charge is -2.10. The third-order valence-corrected chi connectivity index (χ3v) is 3.99. The second-order valence-corrected chi connectivity index (χ2v) is 6.09. The molecule has 1 nitrogen and oxygen atoms in total. The number of halogens is 3. The van der Waals surface area contributed by atoms with Crippen LogP contribution in [0, 0.1) is 0 Å². The van der Waals surface area contributed by atoms with Gasteiger partial charge in [0, 0.05) is 4.47 Å². The molecule has 0 aliphatic heterocycles. The van der Waals surface area contributed by atoms with E-state index in [9.17, 15) is 0 Å². The first kappa shape index (κ1) is 13.1. The first-order valence-electron chi connectivity index (χ1n) is 4.98. The first-order chi connectivity index (χ1) is 8.16. The number of hydrogen-bond donors (Lipinski definition) is 0. The topological polar surface area (TPSA) is 9.23 Å². The highest BCUT2D eigenvalue weighted by Crippen LogP contribution is 2.33. The van der Waals surface area contributed by atoms with Crippen LogP contribution < -0.4 is 4.74 Å². The molecule has 0 bridgehead atoms. The Bertz CT molecular complexity index is 488. The zero-order valence-corrected chi connectivity index (χ0v) is 13.5. The van der Waals surface area contributed by atoms with Gasteiger partial charge < -0.3 is 4.74 Å². The van der Waals surface area contributed by atoms with Crippen LogP contribution in [0.3, 0.4) is 0 Å². The van der Waals surface area contributed by atoms with Crippen LogP contribution in [0.1, 0.15) is 5.56 Å². The van der Waals surface area contributed by atoms with Gasteiger partial charge in [-0.1, -0.05) is 34.1 Å². The summed E-state index contributed by atoms with van der Waals surface area (Å²) in [5.74, 6) is 0.829. The summed E-state index contributed by atoms with van der Waals surface area (Å²) in [5, 5.41) is 0. The van der Waals surface area contributed by atoms with Gasteiger partial charge in [-0.2, -0.15) is 0 Å². The Morgan fingerprint density at radius 2 is 1.41 bits per heavy atom. The maximum absolute atomic E-state index is 5.78. The summed E-state index contributed by atoms with van der Waals surface area (Å²) in [7, 11) is 0. The zero-order valence-electron chi connectivity index (χ0n) is 8.79. The molecule has 0 N–H and O–H groups in total. The van der Waals surface area contributed by atoms with Crippen LogP contribution in [0.15, 0.2) is 55.9 Å². The maximum Gasteiger partial charge on any atom is 0.148 e. The van der Waals surface area contributed by atoms with Gasteiger partial charge in [-0.05, 0) is 61.7 Å². The summed E-state index contributed by atoms with van der Waals surface area (Å²) >= 11 is 10.3. The molecule has 17 heavy (non-hydrogen) atoms. The second kappa shape index (κ2) is 6.03. The van der Waals surface area contributed by atoms with Gasteiger partial charge in [0.1, 0.15) is 12.4 Å². The highest BCUT2D eigenvalue weighted by Gasteiger charge is 2.05. The molecule has 0 radical (unpaired) electrons. The standard InChI is InChI=1S/C13H9Br3O/c14-10-6-4-9(5-7-10)8-17-13-11(15)2-1-3-12(13)16/h1-7H,8H2. The van der Waals surface area contributed by atoms with Crippen molar-refractivity contribution >= 4 is 47.8 Å². The first-order valence-corrected chi connectivity index (χ1v) is 7.36. The molecule has 0 atom stereocenters. The van der Waals surface area contributed by atoms with E-state index in [1.54, 1.807) is 0 Å². The van der Waals surface area contributed by atoms with E-state index in [1.807, 2.05) is 42.5 Å². The fourth-order valence-electron chi connectivity index (χ4n) is 1.36. The molecule has 0 amide bonds. The van der Waals surface area contributed by atoms with Crippen LogP contribution in [0.25, 0.3) is 0 Å². The quantitative estimate of drug-likeness (QED) is 0.632. The number of benzene rings is 2. The van der Waals surface area contributed by atoms with E-state index in [0.717, 1.165) is 24.7 Å². The van der Waals surface area contributed by atoms with Crippen LogP contribution in [-0.4, -0.2) is 0 Å². The number of para-hydroxylation sites is 1. The molecule has 0 heterocycles. The molecule has 0 fully saturated rings. The minimum Gasteiger partial charge on any atom is -0.487 e. The molecule has 0 aliphatic rings. The summed E-state index contributed by atoms with van der Waals surface area (Å²) in [6, 6.07) is 14.0. The lowest BCUT2D eigenvalue weighted by molar-refractivity contribution is 0.302. The van der Waals surface area contributed by atoms with Crippen molar-refractivity contribution in [3.05, 3.63) is 61.4 Å². The molecule has 2 aromatic rings. The Kier molecular flexibility index (Phi) is 4.65. The summed E-state index contributed by atoms with van der Waals surface area (Å²) < 4.78 is 8.75. The van der Waals surface area contributed by atoms with Gasteiger partial charge in [-0.25, -0.2) is 0 Å². The normalized spacial score (nSPS) is 10.3. The SMILES string of the molecule is Brc1ccc(COc2c(Br)cccc2Br)cc1. The number of rotatable bonds is 3. The molecular formula is C13H9Br3O. The van der Waals surface area contributed by atoms with Crippen LogP contribution in [0.2, 0.25) is 0 Å². The van der Waals surface area contributed by atoms with Crippen molar-refractivity contribution in [3.63, 3.8) is 0 Å². The molecule has 0 spiro atoms. The molecule has 0 saturated heterocycles. The highest BCUT2D eigenvalue weighted by molar-refractivity contribution is 9.11. The molecule has 4 heteroatoms. The number of hydrogen-bond acceptors (Lipinski definition) is 1. The third kappa shape index (κ3) is 3.57. The smallest absolute Gasteiger partial charge is 0.148 e. The van der Waals surface area contributed by atoms with Crippen LogP contribution in [-0.2, 0) is 6.61 Å². The Morgan fingerprint density at radius 1 is 0.824 bits per heavy atom. The molecule has 2 aromatic carbocycles. The van der Waals surface area contributed by atoms with Crippen molar-refractivity contribution in [2.24, 2.45) is 0 Å². The average Bonchev–Trinajstić information content (AvgIpc) is 2.31. The van der Waals surface area contributed by atoms with Crippen molar-refractivity contribution in [1.82, 2.24) is 0 Å². The zero-order chi connectivity index (χ0) is 12.3. The highest BCUT2D eigenvalue weighted by atomic mass is 79.9. The van der Waals surface area contributed by atoms with E-state index in [4.69, 9.17) is 4.74 Å². The summed E-state index contributed by atoms with van der Waals surface area (Å²) in [5.41, 5.74) is 1.14. The molecule has 0 aliphatic carbocycles.